The van der Waals surface area contributed by atoms with Gasteiger partial charge in [-0.1, -0.05) is 0 Å². The first-order valence-electron chi connectivity index (χ1n) is 8.15. The second kappa shape index (κ2) is 7.32. The van der Waals surface area contributed by atoms with Crippen molar-refractivity contribution in [1.29, 1.82) is 5.26 Å². The van der Waals surface area contributed by atoms with Crippen LogP contribution >= 0.6 is 0 Å². The van der Waals surface area contributed by atoms with Gasteiger partial charge in [-0.05, 0) is 50.0 Å². The minimum Gasteiger partial charge on any atom is -0.483 e. The lowest BCUT2D eigenvalue weighted by atomic mass is 9.84. The largest absolute Gasteiger partial charge is 0.483 e. The van der Waals surface area contributed by atoms with E-state index in [0.717, 1.165) is 38.0 Å². The Bertz CT molecular complexity index is 817. The summed E-state index contributed by atoms with van der Waals surface area (Å²) in [5.74, 6) is 0.425. The molecule has 3 aliphatic heterocycles. The van der Waals surface area contributed by atoms with Gasteiger partial charge in [0.2, 0.25) is 0 Å². The maximum absolute atomic E-state index is 12.6. The zero-order valence-electron chi connectivity index (χ0n) is 13.6. The maximum Gasteiger partial charge on any atom is 0.290 e. The molecule has 1 atom stereocenters. The van der Waals surface area contributed by atoms with Gasteiger partial charge in [-0.3, -0.25) is 14.7 Å². The van der Waals surface area contributed by atoms with E-state index in [1.807, 2.05) is 0 Å². The molecule has 4 heterocycles. The zero-order valence-corrected chi connectivity index (χ0v) is 13.6. The fourth-order valence-electron chi connectivity index (χ4n) is 3.62. The number of hydrogen-bond donors (Lipinski definition) is 3. The number of nitrogens with zero attached hydrogens (tertiary/aromatic N) is 3. The SMILES string of the molecule is N#Cc1ccc2[nH]nc(C(=O)N[C@@H]3CN4CCC3CC4)c2c1.O=CO. The summed E-state index contributed by atoms with van der Waals surface area (Å²) in [7, 11) is 0. The Morgan fingerprint density at radius 3 is 2.76 bits per heavy atom. The highest BCUT2D eigenvalue weighted by molar-refractivity contribution is 6.05. The van der Waals surface area contributed by atoms with Gasteiger partial charge < -0.3 is 15.3 Å². The summed E-state index contributed by atoms with van der Waals surface area (Å²) in [5, 5.41) is 26.7. The number of nitrogens with one attached hydrogen (secondary N) is 2. The molecular weight excluding hydrogens is 322 g/mol. The molecule has 0 unspecified atom stereocenters. The number of carbonyl (C=O) groups is 2. The lowest BCUT2D eigenvalue weighted by Crippen LogP contribution is -2.57. The highest BCUT2D eigenvalue weighted by atomic mass is 16.3. The summed E-state index contributed by atoms with van der Waals surface area (Å²) >= 11 is 0. The van der Waals surface area contributed by atoms with Gasteiger partial charge in [-0.15, -0.1) is 0 Å². The van der Waals surface area contributed by atoms with Crippen molar-refractivity contribution in [3.8, 4) is 6.07 Å². The van der Waals surface area contributed by atoms with Crippen LogP contribution in [0, 0.1) is 17.2 Å². The van der Waals surface area contributed by atoms with Crippen LogP contribution in [0.1, 0.15) is 28.9 Å². The predicted octanol–water partition coefficient (Wildman–Crippen LogP) is 0.959. The minimum absolute atomic E-state index is 0.153. The van der Waals surface area contributed by atoms with Crippen LogP contribution in [0.5, 0.6) is 0 Å². The fourth-order valence-corrected chi connectivity index (χ4v) is 3.62. The van der Waals surface area contributed by atoms with Crippen molar-refractivity contribution >= 4 is 23.3 Å². The molecule has 130 valence electrons. The van der Waals surface area contributed by atoms with E-state index in [1.165, 1.54) is 0 Å². The third-order valence-corrected chi connectivity index (χ3v) is 4.88. The molecule has 1 amide bonds. The average molecular weight is 341 g/mol. The summed E-state index contributed by atoms with van der Waals surface area (Å²) in [5.41, 5.74) is 1.69. The van der Waals surface area contributed by atoms with Gasteiger partial charge in [-0.2, -0.15) is 10.4 Å². The zero-order chi connectivity index (χ0) is 17.8. The van der Waals surface area contributed by atoms with E-state index in [1.54, 1.807) is 18.2 Å². The van der Waals surface area contributed by atoms with Crippen LogP contribution in [-0.4, -0.2) is 58.3 Å². The van der Waals surface area contributed by atoms with Gasteiger partial charge in [0.1, 0.15) is 0 Å². The summed E-state index contributed by atoms with van der Waals surface area (Å²) in [6.45, 7) is 2.98. The number of nitriles is 1. The van der Waals surface area contributed by atoms with Crippen LogP contribution in [0.15, 0.2) is 18.2 Å². The van der Waals surface area contributed by atoms with E-state index in [4.69, 9.17) is 15.2 Å². The first-order valence-corrected chi connectivity index (χ1v) is 8.15. The number of aromatic nitrogens is 2. The first-order chi connectivity index (χ1) is 12.2. The number of benzene rings is 1. The number of fused-ring (bicyclic) bond motifs is 4. The summed E-state index contributed by atoms with van der Waals surface area (Å²) < 4.78 is 0. The Hall–Kier alpha value is -2.92. The molecule has 3 aliphatic rings. The third-order valence-electron chi connectivity index (χ3n) is 4.88. The van der Waals surface area contributed by atoms with Crippen LogP contribution in [0.2, 0.25) is 0 Å². The molecule has 25 heavy (non-hydrogen) atoms. The van der Waals surface area contributed by atoms with Crippen LogP contribution in [0.4, 0.5) is 0 Å². The highest BCUT2D eigenvalue weighted by Gasteiger charge is 2.35. The van der Waals surface area contributed by atoms with Crippen molar-refractivity contribution in [2.75, 3.05) is 19.6 Å². The number of piperidine rings is 3. The molecule has 8 heteroatoms. The number of rotatable bonds is 2. The molecule has 3 fully saturated rings. The Labute approximate surface area is 144 Å². The van der Waals surface area contributed by atoms with Gasteiger partial charge >= 0.3 is 0 Å². The van der Waals surface area contributed by atoms with Crippen molar-refractivity contribution < 1.29 is 14.7 Å². The minimum atomic E-state index is -0.250. The van der Waals surface area contributed by atoms with Gasteiger partial charge in [-0.25, -0.2) is 0 Å². The van der Waals surface area contributed by atoms with E-state index in [2.05, 4.69) is 26.5 Å². The van der Waals surface area contributed by atoms with Crippen LogP contribution < -0.4 is 5.32 Å². The van der Waals surface area contributed by atoms with E-state index in [0.29, 0.717) is 22.6 Å². The number of H-pyrrole nitrogens is 1. The number of amides is 1. The van der Waals surface area contributed by atoms with Crippen LogP contribution in [0.25, 0.3) is 10.9 Å². The molecule has 1 aromatic carbocycles. The molecule has 1 aromatic heterocycles. The molecule has 0 saturated carbocycles. The molecule has 2 bridgehead atoms. The van der Waals surface area contributed by atoms with Gasteiger partial charge in [0.25, 0.3) is 12.4 Å². The Balaban J connectivity index is 0.000000569. The standard InChI is InChI=1S/C16H17N5O.CH2O2/c17-8-10-1-2-13-12(7-10)15(20-19-13)16(22)18-14-9-21-5-3-11(14)4-6-21;2-1-3/h1-2,7,11,14H,3-6,9H2,(H,18,22)(H,19,20);1H,(H,2,3)/t14-;/m1./s1. The highest BCUT2D eigenvalue weighted by Crippen LogP contribution is 2.28. The van der Waals surface area contributed by atoms with Crippen molar-refractivity contribution in [2.45, 2.75) is 18.9 Å². The quantitative estimate of drug-likeness (QED) is 0.699. The van der Waals surface area contributed by atoms with E-state index in [9.17, 15) is 4.79 Å². The molecule has 0 aliphatic carbocycles. The Morgan fingerprint density at radius 1 is 1.44 bits per heavy atom. The van der Waals surface area contributed by atoms with Gasteiger partial charge in [0, 0.05) is 18.0 Å². The fraction of sp³-hybridized carbons (Fsp3) is 0.412. The van der Waals surface area contributed by atoms with Crippen molar-refractivity contribution in [3.05, 3.63) is 29.5 Å². The first kappa shape index (κ1) is 16.9. The molecular formula is C17H19N5O3. The molecule has 0 radical (unpaired) electrons. The number of carbonyl (C=O) groups excluding carboxylic acids is 1. The van der Waals surface area contributed by atoms with E-state index in [-0.39, 0.29) is 18.4 Å². The van der Waals surface area contributed by atoms with Crippen LogP contribution in [0.3, 0.4) is 0 Å². The molecule has 5 rings (SSSR count). The van der Waals surface area contributed by atoms with E-state index >= 15 is 0 Å². The summed E-state index contributed by atoms with van der Waals surface area (Å²) in [6.07, 6.45) is 2.32. The lowest BCUT2D eigenvalue weighted by Gasteiger charge is -2.44. The van der Waals surface area contributed by atoms with Gasteiger partial charge in [0.15, 0.2) is 5.69 Å². The monoisotopic (exact) mass is 341 g/mol. The molecule has 3 saturated heterocycles. The Kier molecular flexibility index (Phi) is 4.95. The van der Waals surface area contributed by atoms with E-state index < -0.39 is 0 Å². The topological polar surface area (TPSA) is 122 Å². The van der Waals surface area contributed by atoms with Gasteiger partial charge in [0.05, 0.1) is 17.1 Å². The Morgan fingerprint density at radius 2 is 2.16 bits per heavy atom. The normalized spacial score (nSPS) is 24.0. The van der Waals surface area contributed by atoms with Crippen LogP contribution in [-0.2, 0) is 4.79 Å². The lowest BCUT2D eigenvalue weighted by molar-refractivity contribution is -0.122. The van der Waals surface area contributed by atoms with Crippen molar-refractivity contribution in [2.24, 2.45) is 5.92 Å². The smallest absolute Gasteiger partial charge is 0.290 e. The second-order valence-corrected chi connectivity index (χ2v) is 6.27. The van der Waals surface area contributed by atoms with Crippen molar-refractivity contribution in [1.82, 2.24) is 20.4 Å². The molecule has 3 N–H and O–H groups in total. The number of hydrogen-bond acceptors (Lipinski definition) is 5. The predicted molar refractivity (Wildman–Crippen MR) is 89.9 cm³/mol. The van der Waals surface area contributed by atoms with Crippen molar-refractivity contribution in [3.63, 3.8) is 0 Å². The molecule has 8 nitrogen and oxygen atoms in total. The molecule has 0 spiro atoms. The second-order valence-electron chi connectivity index (χ2n) is 6.27. The maximum atomic E-state index is 12.6. The number of aromatic amines is 1. The molecule has 2 aromatic rings. The summed E-state index contributed by atoms with van der Waals surface area (Å²) in [6, 6.07) is 7.52. The average Bonchev–Trinajstić information content (AvgIpc) is 3.06. The summed E-state index contributed by atoms with van der Waals surface area (Å²) in [4.78, 5) is 23.3. The number of carboxylic acid groups (broad SMARTS) is 1. The third kappa shape index (κ3) is 3.46.